The fourth-order valence-electron chi connectivity index (χ4n) is 2.17. The maximum atomic E-state index is 11.9. The second kappa shape index (κ2) is 2.60. The van der Waals surface area contributed by atoms with E-state index in [0.717, 1.165) is 26.1 Å². The number of nitrogens with one attached hydrogen (secondary N) is 1. The molecule has 4 nitrogen and oxygen atoms in total. The molecular weight excluding hydrogens is 180 g/mol. The van der Waals surface area contributed by atoms with Gasteiger partial charge in [-0.05, 0) is 18.6 Å². The maximum Gasteiger partial charge on any atom is 0.290 e. The normalized spacial score (nSPS) is 23.0. The van der Waals surface area contributed by atoms with Gasteiger partial charge in [0.1, 0.15) is 0 Å². The number of rotatable bonds is 1. The van der Waals surface area contributed by atoms with Crippen LogP contribution in [0.15, 0.2) is 22.8 Å². The first-order chi connectivity index (χ1) is 6.82. The van der Waals surface area contributed by atoms with E-state index in [1.165, 1.54) is 0 Å². The molecule has 1 aromatic heterocycles. The van der Waals surface area contributed by atoms with E-state index in [1.807, 2.05) is 4.90 Å². The summed E-state index contributed by atoms with van der Waals surface area (Å²) in [5, 5.41) is 3.21. The zero-order chi connectivity index (χ0) is 9.60. The standard InChI is InChI=1S/C10H12N2O2/c13-9(8-2-1-5-14-8)12-4-3-10(12)6-11-7-10/h1-2,5,11H,3-4,6-7H2. The lowest BCUT2D eigenvalue weighted by Gasteiger charge is -2.58. The van der Waals surface area contributed by atoms with Gasteiger partial charge in [-0.25, -0.2) is 0 Å². The number of amides is 1. The van der Waals surface area contributed by atoms with E-state index >= 15 is 0 Å². The first kappa shape index (κ1) is 8.05. The Hall–Kier alpha value is -1.29. The largest absolute Gasteiger partial charge is 0.459 e. The number of likely N-dealkylation sites (tertiary alicyclic amines) is 1. The van der Waals surface area contributed by atoms with E-state index in [0.29, 0.717) is 5.76 Å². The van der Waals surface area contributed by atoms with Gasteiger partial charge in [0.15, 0.2) is 5.76 Å². The van der Waals surface area contributed by atoms with Gasteiger partial charge >= 0.3 is 0 Å². The minimum atomic E-state index is 0.0303. The molecule has 1 spiro atoms. The van der Waals surface area contributed by atoms with Gasteiger partial charge in [-0.3, -0.25) is 4.79 Å². The first-order valence-corrected chi connectivity index (χ1v) is 4.88. The van der Waals surface area contributed by atoms with Crippen molar-refractivity contribution in [2.45, 2.75) is 12.0 Å². The molecule has 1 N–H and O–H groups in total. The van der Waals surface area contributed by atoms with Gasteiger partial charge in [0.25, 0.3) is 5.91 Å². The highest BCUT2D eigenvalue weighted by Crippen LogP contribution is 2.35. The predicted octanol–water partition coefficient (Wildman–Crippen LogP) is 0.468. The molecule has 0 radical (unpaired) electrons. The fraction of sp³-hybridized carbons (Fsp3) is 0.500. The lowest BCUT2D eigenvalue weighted by molar-refractivity contribution is -0.0341. The van der Waals surface area contributed by atoms with Gasteiger partial charge < -0.3 is 14.6 Å². The summed E-state index contributed by atoms with van der Waals surface area (Å²) >= 11 is 0. The van der Waals surface area contributed by atoms with Gasteiger partial charge in [0.2, 0.25) is 0 Å². The lowest BCUT2D eigenvalue weighted by Crippen LogP contribution is -2.76. The van der Waals surface area contributed by atoms with E-state index in [2.05, 4.69) is 5.32 Å². The van der Waals surface area contributed by atoms with Gasteiger partial charge in [0, 0.05) is 19.6 Å². The van der Waals surface area contributed by atoms with Crippen molar-refractivity contribution in [1.29, 1.82) is 0 Å². The number of hydrogen-bond acceptors (Lipinski definition) is 3. The summed E-state index contributed by atoms with van der Waals surface area (Å²) in [6, 6.07) is 3.47. The molecule has 3 heterocycles. The van der Waals surface area contributed by atoms with Gasteiger partial charge in [-0.2, -0.15) is 0 Å². The molecule has 2 aliphatic heterocycles. The quantitative estimate of drug-likeness (QED) is 0.703. The van der Waals surface area contributed by atoms with Crippen molar-refractivity contribution in [1.82, 2.24) is 10.2 Å². The van der Waals surface area contributed by atoms with Crippen LogP contribution in [0.5, 0.6) is 0 Å². The molecule has 2 aliphatic rings. The van der Waals surface area contributed by atoms with E-state index in [9.17, 15) is 4.79 Å². The molecule has 74 valence electrons. The number of carbonyl (C=O) groups excluding carboxylic acids is 1. The van der Waals surface area contributed by atoms with Crippen LogP contribution in [0, 0.1) is 0 Å². The minimum absolute atomic E-state index is 0.0303. The summed E-state index contributed by atoms with van der Waals surface area (Å²) in [4.78, 5) is 13.8. The molecule has 1 amide bonds. The maximum absolute atomic E-state index is 11.9. The van der Waals surface area contributed by atoms with Gasteiger partial charge in [0.05, 0.1) is 11.8 Å². The van der Waals surface area contributed by atoms with Crippen LogP contribution in [0.4, 0.5) is 0 Å². The zero-order valence-corrected chi connectivity index (χ0v) is 7.82. The highest BCUT2D eigenvalue weighted by Gasteiger charge is 2.52. The van der Waals surface area contributed by atoms with Crippen LogP contribution in [0.2, 0.25) is 0 Å². The van der Waals surface area contributed by atoms with E-state index in [4.69, 9.17) is 4.42 Å². The second-order valence-electron chi connectivity index (χ2n) is 4.01. The van der Waals surface area contributed by atoms with Gasteiger partial charge in [-0.15, -0.1) is 0 Å². The molecule has 0 unspecified atom stereocenters. The third-order valence-corrected chi connectivity index (χ3v) is 3.26. The van der Waals surface area contributed by atoms with Crippen molar-refractivity contribution in [3.8, 4) is 0 Å². The average Bonchev–Trinajstić information content (AvgIpc) is 2.50. The molecule has 2 saturated heterocycles. The monoisotopic (exact) mass is 192 g/mol. The fourth-order valence-corrected chi connectivity index (χ4v) is 2.17. The first-order valence-electron chi connectivity index (χ1n) is 4.88. The Morgan fingerprint density at radius 3 is 2.86 bits per heavy atom. The van der Waals surface area contributed by atoms with Crippen molar-refractivity contribution in [3.63, 3.8) is 0 Å². The Morgan fingerprint density at radius 1 is 1.57 bits per heavy atom. The van der Waals surface area contributed by atoms with Crippen LogP contribution >= 0.6 is 0 Å². The topological polar surface area (TPSA) is 45.5 Å². The van der Waals surface area contributed by atoms with Crippen LogP contribution < -0.4 is 5.32 Å². The molecular formula is C10H12N2O2. The van der Waals surface area contributed by atoms with E-state index in [-0.39, 0.29) is 11.4 Å². The summed E-state index contributed by atoms with van der Waals surface area (Å²) in [5.41, 5.74) is 0.115. The smallest absolute Gasteiger partial charge is 0.290 e. The highest BCUT2D eigenvalue weighted by molar-refractivity contribution is 5.92. The van der Waals surface area contributed by atoms with Crippen molar-refractivity contribution >= 4 is 5.91 Å². The second-order valence-corrected chi connectivity index (χ2v) is 4.01. The number of nitrogens with zero attached hydrogens (tertiary/aromatic N) is 1. The van der Waals surface area contributed by atoms with Gasteiger partial charge in [-0.1, -0.05) is 0 Å². The molecule has 2 fully saturated rings. The lowest BCUT2D eigenvalue weighted by atomic mass is 9.79. The molecule has 0 aromatic carbocycles. The van der Waals surface area contributed by atoms with Crippen molar-refractivity contribution in [3.05, 3.63) is 24.2 Å². The Kier molecular flexibility index (Phi) is 1.50. The summed E-state index contributed by atoms with van der Waals surface area (Å²) in [6.45, 7) is 2.72. The zero-order valence-electron chi connectivity index (χ0n) is 7.82. The number of furan rings is 1. The summed E-state index contributed by atoms with van der Waals surface area (Å²) in [7, 11) is 0. The van der Waals surface area contributed by atoms with Crippen molar-refractivity contribution in [2.24, 2.45) is 0 Å². The molecule has 3 rings (SSSR count). The Bertz CT molecular complexity index is 349. The third kappa shape index (κ3) is 0.889. The molecule has 0 saturated carbocycles. The minimum Gasteiger partial charge on any atom is -0.459 e. The molecule has 0 atom stereocenters. The average molecular weight is 192 g/mol. The van der Waals surface area contributed by atoms with E-state index < -0.39 is 0 Å². The number of hydrogen-bond donors (Lipinski definition) is 1. The van der Waals surface area contributed by atoms with Crippen LogP contribution in [-0.4, -0.2) is 36.0 Å². The van der Waals surface area contributed by atoms with Crippen LogP contribution in [0.3, 0.4) is 0 Å². The molecule has 0 bridgehead atoms. The highest BCUT2D eigenvalue weighted by atomic mass is 16.3. The Morgan fingerprint density at radius 2 is 2.43 bits per heavy atom. The van der Waals surface area contributed by atoms with E-state index in [1.54, 1.807) is 18.4 Å². The molecule has 14 heavy (non-hydrogen) atoms. The summed E-state index contributed by atoms with van der Waals surface area (Å²) < 4.78 is 5.10. The Balaban J connectivity index is 1.80. The SMILES string of the molecule is O=C(c1ccco1)N1CCC12CNC2. The van der Waals surface area contributed by atoms with Crippen molar-refractivity contribution < 1.29 is 9.21 Å². The summed E-state index contributed by atoms with van der Waals surface area (Å²) in [6.07, 6.45) is 2.66. The molecule has 1 aromatic rings. The van der Waals surface area contributed by atoms with Crippen LogP contribution in [0.25, 0.3) is 0 Å². The molecule has 0 aliphatic carbocycles. The predicted molar refractivity (Wildman–Crippen MR) is 50.0 cm³/mol. The number of carbonyl (C=O) groups is 1. The summed E-state index contributed by atoms with van der Waals surface area (Å²) in [5.74, 6) is 0.485. The van der Waals surface area contributed by atoms with Crippen molar-refractivity contribution in [2.75, 3.05) is 19.6 Å². The molecule has 4 heteroatoms. The van der Waals surface area contributed by atoms with Crippen LogP contribution in [-0.2, 0) is 0 Å². The third-order valence-electron chi connectivity index (χ3n) is 3.26. The Labute approximate surface area is 81.9 Å². The van der Waals surface area contributed by atoms with Crippen LogP contribution in [0.1, 0.15) is 17.0 Å².